The van der Waals surface area contributed by atoms with Gasteiger partial charge in [0.2, 0.25) is 0 Å². The van der Waals surface area contributed by atoms with Gasteiger partial charge >= 0.3 is 5.97 Å². The number of carboxylic acids is 1. The smallest absolute Gasteiger partial charge is 0.337 e. The van der Waals surface area contributed by atoms with Crippen molar-refractivity contribution in [1.82, 2.24) is 4.98 Å². The van der Waals surface area contributed by atoms with Crippen LogP contribution in [0.25, 0.3) is 0 Å². The van der Waals surface area contributed by atoms with Gasteiger partial charge in [-0.05, 0) is 13.0 Å². The van der Waals surface area contributed by atoms with Crippen molar-refractivity contribution in [3.05, 3.63) is 17.8 Å². The van der Waals surface area contributed by atoms with Crippen LogP contribution in [-0.2, 0) is 10.8 Å². The van der Waals surface area contributed by atoms with Gasteiger partial charge < -0.3 is 16.2 Å². The minimum Gasteiger partial charge on any atom is -0.478 e. The molecule has 0 aliphatic rings. The quantitative estimate of drug-likeness (QED) is 0.711. The molecule has 17 heavy (non-hydrogen) atoms. The molecule has 0 aromatic carbocycles. The molecule has 0 saturated carbocycles. The van der Waals surface area contributed by atoms with Crippen LogP contribution in [0.1, 0.15) is 17.3 Å². The molecule has 6 nitrogen and oxygen atoms in total. The number of rotatable bonds is 5. The third-order valence-corrected chi connectivity index (χ3v) is 3.59. The first kappa shape index (κ1) is 13.4. The number of aromatic nitrogens is 1. The summed E-state index contributed by atoms with van der Waals surface area (Å²) in [5.74, 6) is -0.661. The van der Waals surface area contributed by atoms with Gasteiger partial charge in [-0.15, -0.1) is 0 Å². The maximum Gasteiger partial charge on any atom is 0.337 e. The number of nitrogens with one attached hydrogen (secondary N) is 1. The number of nitrogens with zero attached hydrogens (tertiary/aromatic N) is 1. The van der Waals surface area contributed by atoms with Crippen LogP contribution in [0.5, 0.6) is 0 Å². The third kappa shape index (κ3) is 3.70. The van der Waals surface area contributed by atoms with E-state index in [1.807, 2.05) is 6.92 Å². The van der Waals surface area contributed by atoms with E-state index < -0.39 is 16.8 Å². The average molecular weight is 257 g/mol. The van der Waals surface area contributed by atoms with Crippen LogP contribution < -0.4 is 11.1 Å². The summed E-state index contributed by atoms with van der Waals surface area (Å²) in [6, 6.07) is 1.34. The molecule has 0 bridgehead atoms. The minimum atomic E-state index is -1.07. The maximum atomic E-state index is 11.1. The molecule has 0 fully saturated rings. The zero-order valence-corrected chi connectivity index (χ0v) is 10.5. The molecule has 4 N–H and O–H groups in total. The highest BCUT2D eigenvalue weighted by Crippen LogP contribution is 2.16. The molecular weight excluding hydrogens is 242 g/mol. The first-order valence-electron chi connectivity index (χ1n) is 4.96. The Hall–Kier alpha value is -1.63. The summed E-state index contributed by atoms with van der Waals surface area (Å²) in [5, 5.41) is 11.6. The molecule has 0 aliphatic carbocycles. The van der Waals surface area contributed by atoms with Gasteiger partial charge in [0.25, 0.3) is 0 Å². The Morgan fingerprint density at radius 1 is 1.71 bits per heavy atom. The van der Waals surface area contributed by atoms with Gasteiger partial charge in [0, 0.05) is 35.0 Å². The number of hydrogen-bond acceptors (Lipinski definition) is 5. The van der Waals surface area contributed by atoms with Crippen molar-refractivity contribution in [2.75, 3.05) is 23.9 Å². The number of anilines is 2. The van der Waals surface area contributed by atoms with Crippen molar-refractivity contribution < 1.29 is 14.1 Å². The second kappa shape index (κ2) is 5.62. The number of hydrogen-bond donors (Lipinski definition) is 3. The van der Waals surface area contributed by atoms with Crippen LogP contribution >= 0.6 is 0 Å². The molecule has 7 heteroatoms. The predicted molar refractivity (Wildman–Crippen MR) is 67.6 cm³/mol. The zero-order chi connectivity index (χ0) is 13.0. The SMILES string of the molecule is CC(CNc1ncc(C(=O)O)cc1N)S(C)=O. The standard InChI is InChI=1S/C10H15N3O3S/c1-6(17(2)16)4-12-9-8(11)3-7(5-13-9)10(14)15/h3,5-6H,4,11H2,1-2H3,(H,12,13)(H,14,15). The number of carboxylic acid groups (broad SMARTS) is 1. The highest BCUT2D eigenvalue weighted by molar-refractivity contribution is 7.84. The molecule has 1 rings (SSSR count). The summed E-state index contributed by atoms with van der Waals surface area (Å²) in [6.45, 7) is 2.30. The molecule has 1 aromatic rings. The van der Waals surface area contributed by atoms with Crippen molar-refractivity contribution in [2.45, 2.75) is 12.2 Å². The number of carbonyl (C=O) groups is 1. The van der Waals surface area contributed by atoms with E-state index in [0.29, 0.717) is 12.4 Å². The summed E-state index contributed by atoms with van der Waals surface area (Å²) in [4.78, 5) is 14.6. The molecule has 1 heterocycles. The summed E-state index contributed by atoms with van der Waals surface area (Å²) >= 11 is 0. The zero-order valence-electron chi connectivity index (χ0n) is 9.64. The fourth-order valence-corrected chi connectivity index (χ4v) is 1.42. The minimum absolute atomic E-state index is 0.0321. The van der Waals surface area contributed by atoms with E-state index in [1.54, 1.807) is 6.26 Å². The van der Waals surface area contributed by atoms with Gasteiger partial charge in [-0.25, -0.2) is 9.78 Å². The van der Waals surface area contributed by atoms with Crippen molar-refractivity contribution in [3.8, 4) is 0 Å². The molecule has 1 aromatic heterocycles. The number of nitrogen functional groups attached to an aromatic ring is 1. The van der Waals surface area contributed by atoms with Gasteiger partial charge in [-0.2, -0.15) is 0 Å². The van der Waals surface area contributed by atoms with E-state index >= 15 is 0 Å². The Morgan fingerprint density at radius 2 is 2.35 bits per heavy atom. The van der Waals surface area contributed by atoms with Gasteiger partial charge in [-0.3, -0.25) is 4.21 Å². The lowest BCUT2D eigenvalue weighted by molar-refractivity contribution is 0.0696. The Morgan fingerprint density at radius 3 is 2.82 bits per heavy atom. The summed E-state index contributed by atoms with van der Waals surface area (Å²) < 4.78 is 11.1. The Labute approximate surface area is 102 Å². The second-order valence-corrected chi connectivity index (χ2v) is 5.46. The Bertz CT molecular complexity index is 450. The second-order valence-electron chi connectivity index (χ2n) is 3.66. The van der Waals surface area contributed by atoms with E-state index in [0.717, 1.165) is 0 Å². The van der Waals surface area contributed by atoms with Crippen LogP contribution in [0.2, 0.25) is 0 Å². The lowest BCUT2D eigenvalue weighted by atomic mass is 10.2. The van der Waals surface area contributed by atoms with Crippen molar-refractivity contribution in [1.29, 1.82) is 0 Å². The van der Waals surface area contributed by atoms with Crippen molar-refractivity contribution in [3.63, 3.8) is 0 Å². The summed E-state index contributed by atoms with van der Waals surface area (Å²) in [6.07, 6.45) is 2.85. The predicted octanol–water partition coefficient (Wildman–Crippen LogP) is 0.541. The summed E-state index contributed by atoms with van der Waals surface area (Å²) in [7, 11) is -0.928. The summed E-state index contributed by atoms with van der Waals surface area (Å²) in [5.41, 5.74) is 5.96. The van der Waals surface area contributed by atoms with E-state index in [9.17, 15) is 9.00 Å². The first-order chi connectivity index (χ1) is 7.91. The molecule has 94 valence electrons. The van der Waals surface area contributed by atoms with E-state index in [4.69, 9.17) is 10.8 Å². The fraction of sp³-hybridized carbons (Fsp3) is 0.400. The topological polar surface area (TPSA) is 105 Å². The van der Waals surface area contributed by atoms with Crippen molar-refractivity contribution >= 4 is 28.3 Å². The van der Waals surface area contributed by atoms with E-state index in [1.165, 1.54) is 12.3 Å². The molecule has 0 aliphatic heterocycles. The van der Waals surface area contributed by atoms with Crippen LogP contribution in [0, 0.1) is 0 Å². The van der Waals surface area contributed by atoms with Crippen molar-refractivity contribution in [2.24, 2.45) is 0 Å². The monoisotopic (exact) mass is 257 g/mol. The molecule has 0 saturated heterocycles. The van der Waals surface area contributed by atoms with Crippen LogP contribution in [0.15, 0.2) is 12.3 Å². The molecular formula is C10H15N3O3S. The molecule has 2 unspecified atom stereocenters. The van der Waals surface area contributed by atoms with Crippen LogP contribution in [0.3, 0.4) is 0 Å². The number of nitrogens with two attached hydrogens (primary N) is 1. The molecule has 0 radical (unpaired) electrons. The van der Waals surface area contributed by atoms with Gasteiger partial charge in [-0.1, -0.05) is 0 Å². The first-order valence-corrected chi connectivity index (χ1v) is 6.59. The average Bonchev–Trinajstić information content (AvgIpc) is 2.26. The normalized spacial score (nSPS) is 14.0. The van der Waals surface area contributed by atoms with Crippen LogP contribution in [0.4, 0.5) is 11.5 Å². The van der Waals surface area contributed by atoms with E-state index in [-0.39, 0.29) is 16.5 Å². The molecule has 0 spiro atoms. The maximum absolute atomic E-state index is 11.1. The van der Waals surface area contributed by atoms with E-state index in [2.05, 4.69) is 10.3 Å². The number of pyridine rings is 1. The van der Waals surface area contributed by atoms with Crippen LogP contribution in [-0.4, -0.2) is 38.3 Å². The lowest BCUT2D eigenvalue weighted by Gasteiger charge is -2.12. The van der Waals surface area contributed by atoms with Gasteiger partial charge in [0.05, 0.1) is 11.3 Å². The highest BCUT2D eigenvalue weighted by atomic mass is 32.2. The molecule has 2 atom stereocenters. The Balaban J connectivity index is 2.73. The molecule has 0 amide bonds. The van der Waals surface area contributed by atoms with Gasteiger partial charge in [0.1, 0.15) is 5.82 Å². The third-order valence-electron chi connectivity index (χ3n) is 2.29. The fourth-order valence-electron chi connectivity index (χ4n) is 1.10. The largest absolute Gasteiger partial charge is 0.478 e. The Kier molecular flexibility index (Phi) is 4.45. The van der Waals surface area contributed by atoms with Gasteiger partial charge in [0.15, 0.2) is 0 Å². The highest BCUT2D eigenvalue weighted by Gasteiger charge is 2.10. The lowest BCUT2D eigenvalue weighted by Crippen LogP contribution is -2.21. The number of aromatic carboxylic acids is 1.